The van der Waals surface area contributed by atoms with Crippen LogP contribution in [-0.2, 0) is 6.42 Å². The van der Waals surface area contributed by atoms with Crippen molar-refractivity contribution >= 4 is 17.3 Å². The highest BCUT2D eigenvalue weighted by Gasteiger charge is 2.26. The Hall–Kier alpha value is -1.13. The molecule has 0 amide bonds. The minimum absolute atomic E-state index is 0.0623. The van der Waals surface area contributed by atoms with Crippen LogP contribution in [0.15, 0.2) is 18.2 Å². The first kappa shape index (κ1) is 15.9. The summed E-state index contributed by atoms with van der Waals surface area (Å²) in [7, 11) is 0. The third kappa shape index (κ3) is 4.48. The van der Waals surface area contributed by atoms with Gasteiger partial charge in [0.2, 0.25) is 0 Å². The van der Waals surface area contributed by atoms with E-state index in [1.54, 1.807) is 12.1 Å². The number of rotatable bonds is 7. The van der Waals surface area contributed by atoms with Crippen molar-refractivity contribution in [2.75, 3.05) is 0 Å². The van der Waals surface area contributed by atoms with Crippen molar-refractivity contribution in [1.29, 1.82) is 0 Å². The fourth-order valence-corrected chi connectivity index (χ4v) is 2.32. The van der Waals surface area contributed by atoms with Crippen LogP contribution in [0.25, 0.3) is 0 Å². The molecule has 2 N–H and O–H groups in total. The molecule has 0 spiro atoms. The van der Waals surface area contributed by atoms with Crippen LogP contribution >= 0.6 is 11.6 Å². The molecule has 106 valence electrons. The van der Waals surface area contributed by atoms with Crippen molar-refractivity contribution in [3.8, 4) is 0 Å². The van der Waals surface area contributed by atoms with Crippen molar-refractivity contribution in [2.24, 2.45) is 5.73 Å². The van der Waals surface area contributed by atoms with E-state index in [-0.39, 0.29) is 11.2 Å². The highest BCUT2D eigenvalue weighted by atomic mass is 35.5. The molecule has 0 fully saturated rings. The van der Waals surface area contributed by atoms with Crippen LogP contribution in [-0.4, -0.2) is 10.5 Å². The Morgan fingerprint density at radius 1 is 1.42 bits per heavy atom. The zero-order valence-corrected chi connectivity index (χ0v) is 12.2. The Labute approximate surface area is 119 Å². The van der Waals surface area contributed by atoms with Gasteiger partial charge in [0.25, 0.3) is 5.69 Å². The highest BCUT2D eigenvalue weighted by molar-refractivity contribution is 6.30. The number of halogens is 1. The topological polar surface area (TPSA) is 69.2 Å². The average molecular weight is 285 g/mol. The van der Waals surface area contributed by atoms with Crippen LogP contribution in [0.3, 0.4) is 0 Å². The Kier molecular flexibility index (Phi) is 5.76. The van der Waals surface area contributed by atoms with Gasteiger partial charge in [-0.15, -0.1) is 0 Å². The molecule has 0 radical (unpaired) electrons. The van der Waals surface area contributed by atoms with E-state index in [9.17, 15) is 10.1 Å². The van der Waals surface area contributed by atoms with Gasteiger partial charge in [0, 0.05) is 22.2 Å². The van der Waals surface area contributed by atoms with Gasteiger partial charge in [-0.2, -0.15) is 0 Å². The molecule has 0 aliphatic rings. The highest BCUT2D eigenvalue weighted by Crippen LogP contribution is 2.29. The molecule has 0 saturated carbocycles. The lowest BCUT2D eigenvalue weighted by Gasteiger charge is -2.28. The molecule has 1 aromatic rings. The predicted octanol–water partition coefficient (Wildman–Crippen LogP) is 4.09. The first-order valence-electron chi connectivity index (χ1n) is 6.63. The Balaban J connectivity index is 2.99. The monoisotopic (exact) mass is 284 g/mol. The van der Waals surface area contributed by atoms with Crippen molar-refractivity contribution < 1.29 is 4.92 Å². The maximum Gasteiger partial charge on any atom is 0.274 e. The molecule has 1 rings (SSSR count). The van der Waals surface area contributed by atoms with E-state index in [1.165, 1.54) is 6.07 Å². The largest absolute Gasteiger partial charge is 0.325 e. The van der Waals surface area contributed by atoms with Crippen LogP contribution in [0, 0.1) is 10.1 Å². The predicted molar refractivity (Wildman–Crippen MR) is 78.5 cm³/mol. The summed E-state index contributed by atoms with van der Waals surface area (Å²) in [4.78, 5) is 10.7. The Bertz CT molecular complexity index is 451. The van der Waals surface area contributed by atoms with Crippen LogP contribution in [0.4, 0.5) is 5.69 Å². The average Bonchev–Trinajstić information content (AvgIpc) is 2.38. The fourth-order valence-electron chi connectivity index (χ4n) is 2.15. The molecule has 0 heterocycles. The molecule has 0 bridgehead atoms. The summed E-state index contributed by atoms with van der Waals surface area (Å²) in [5.41, 5.74) is 6.71. The van der Waals surface area contributed by atoms with Crippen molar-refractivity contribution in [1.82, 2.24) is 0 Å². The van der Waals surface area contributed by atoms with E-state index in [0.29, 0.717) is 17.0 Å². The van der Waals surface area contributed by atoms with Crippen LogP contribution < -0.4 is 5.73 Å². The SMILES string of the molecule is CCCCC(N)(CC)Cc1ccc(Cl)cc1[N+](=O)[O-]. The quantitative estimate of drug-likeness (QED) is 0.605. The minimum atomic E-state index is -0.392. The van der Waals surface area contributed by atoms with E-state index in [2.05, 4.69) is 6.92 Å². The molecule has 1 atom stereocenters. The zero-order valence-electron chi connectivity index (χ0n) is 11.5. The molecule has 1 unspecified atom stereocenters. The molecular weight excluding hydrogens is 264 g/mol. The standard InChI is InChI=1S/C14H21ClN2O2/c1-3-5-8-14(16,4-2)10-11-6-7-12(15)9-13(11)17(18)19/h6-7,9H,3-5,8,10,16H2,1-2H3. The number of nitro benzene ring substituents is 1. The zero-order chi connectivity index (χ0) is 14.5. The first-order valence-corrected chi connectivity index (χ1v) is 7.01. The summed E-state index contributed by atoms with van der Waals surface area (Å²) < 4.78 is 0. The summed E-state index contributed by atoms with van der Waals surface area (Å²) in [6, 6.07) is 4.79. The maximum absolute atomic E-state index is 11.1. The van der Waals surface area contributed by atoms with E-state index in [4.69, 9.17) is 17.3 Å². The second-order valence-electron chi connectivity index (χ2n) is 5.03. The smallest absolute Gasteiger partial charge is 0.274 e. The summed E-state index contributed by atoms with van der Waals surface area (Å²) in [6.07, 6.45) is 4.29. The number of unbranched alkanes of at least 4 members (excludes halogenated alkanes) is 1. The molecule has 1 aromatic carbocycles. The van der Waals surface area contributed by atoms with E-state index >= 15 is 0 Å². The number of hydrogen-bond donors (Lipinski definition) is 1. The summed E-state index contributed by atoms with van der Waals surface area (Å²) in [5.74, 6) is 0. The van der Waals surface area contributed by atoms with Gasteiger partial charge in [-0.3, -0.25) is 10.1 Å². The number of nitrogens with zero attached hydrogens (tertiary/aromatic N) is 1. The molecule has 0 saturated heterocycles. The van der Waals surface area contributed by atoms with Gasteiger partial charge in [0.15, 0.2) is 0 Å². The molecule has 4 nitrogen and oxygen atoms in total. The van der Waals surface area contributed by atoms with Gasteiger partial charge in [0.05, 0.1) is 4.92 Å². The third-order valence-electron chi connectivity index (χ3n) is 3.52. The molecule has 19 heavy (non-hydrogen) atoms. The minimum Gasteiger partial charge on any atom is -0.325 e. The van der Waals surface area contributed by atoms with Gasteiger partial charge in [-0.1, -0.05) is 44.4 Å². The van der Waals surface area contributed by atoms with Gasteiger partial charge in [-0.25, -0.2) is 0 Å². The van der Waals surface area contributed by atoms with Crippen molar-refractivity contribution in [3.05, 3.63) is 38.9 Å². The van der Waals surface area contributed by atoms with Crippen LogP contribution in [0.5, 0.6) is 0 Å². The number of hydrogen-bond acceptors (Lipinski definition) is 3. The second kappa shape index (κ2) is 6.87. The van der Waals surface area contributed by atoms with E-state index in [0.717, 1.165) is 25.7 Å². The third-order valence-corrected chi connectivity index (χ3v) is 3.75. The van der Waals surface area contributed by atoms with Gasteiger partial charge in [-0.05, 0) is 25.3 Å². The first-order chi connectivity index (χ1) is 8.91. The summed E-state index contributed by atoms with van der Waals surface area (Å²) >= 11 is 5.81. The Morgan fingerprint density at radius 2 is 2.11 bits per heavy atom. The van der Waals surface area contributed by atoms with Crippen molar-refractivity contribution in [2.45, 2.75) is 51.5 Å². The summed E-state index contributed by atoms with van der Waals surface area (Å²) in [6.45, 7) is 4.14. The molecule has 0 aromatic heterocycles. The van der Waals surface area contributed by atoms with Crippen LogP contribution in [0.2, 0.25) is 5.02 Å². The van der Waals surface area contributed by atoms with Gasteiger partial charge in [0.1, 0.15) is 0 Å². The summed E-state index contributed by atoms with van der Waals surface area (Å²) in [5, 5.41) is 11.4. The molecule has 5 heteroatoms. The van der Waals surface area contributed by atoms with E-state index in [1.807, 2.05) is 6.92 Å². The number of benzene rings is 1. The second-order valence-corrected chi connectivity index (χ2v) is 5.46. The molecular formula is C14H21ClN2O2. The Morgan fingerprint density at radius 3 is 2.63 bits per heavy atom. The molecule has 0 aliphatic heterocycles. The number of nitrogens with two attached hydrogens (primary N) is 1. The van der Waals surface area contributed by atoms with Gasteiger partial charge < -0.3 is 5.73 Å². The van der Waals surface area contributed by atoms with Crippen LogP contribution in [0.1, 0.15) is 45.1 Å². The fraction of sp³-hybridized carbons (Fsp3) is 0.571. The normalized spacial score (nSPS) is 14.1. The molecule has 0 aliphatic carbocycles. The lowest BCUT2D eigenvalue weighted by Crippen LogP contribution is -2.41. The van der Waals surface area contributed by atoms with E-state index < -0.39 is 4.92 Å². The maximum atomic E-state index is 11.1. The lowest BCUT2D eigenvalue weighted by molar-refractivity contribution is -0.385. The lowest BCUT2D eigenvalue weighted by atomic mass is 9.84. The number of nitro groups is 1. The van der Waals surface area contributed by atoms with Gasteiger partial charge >= 0.3 is 0 Å². The van der Waals surface area contributed by atoms with Crippen molar-refractivity contribution in [3.63, 3.8) is 0 Å².